The van der Waals surface area contributed by atoms with Gasteiger partial charge in [-0.15, -0.1) is 0 Å². The van der Waals surface area contributed by atoms with E-state index in [1.54, 1.807) is 18.2 Å². The molecule has 0 radical (unpaired) electrons. The van der Waals surface area contributed by atoms with Gasteiger partial charge in [0.05, 0.1) is 5.56 Å². The van der Waals surface area contributed by atoms with Gasteiger partial charge < -0.3 is 25.1 Å². The first kappa shape index (κ1) is 25.0. The average molecular weight is 492 g/mol. The summed E-state index contributed by atoms with van der Waals surface area (Å²) in [5.41, 5.74) is 0.947. The third-order valence-corrected chi connectivity index (χ3v) is 6.60. The molecule has 0 aromatic heterocycles. The number of hydrogen-bond acceptors (Lipinski definition) is 5. The summed E-state index contributed by atoms with van der Waals surface area (Å²) in [6.45, 7) is 7.01. The van der Waals surface area contributed by atoms with Crippen molar-refractivity contribution in [3.8, 4) is 5.75 Å². The van der Waals surface area contributed by atoms with Gasteiger partial charge in [0.1, 0.15) is 5.75 Å². The van der Waals surface area contributed by atoms with Crippen LogP contribution in [0.25, 0.3) is 0 Å². The molecule has 35 heavy (non-hydrogen) atoms. The maximum Gasteiger partial charge on any atom is 0.416 e. The van der Waals surface area contributed by atoms with Crippen LogP contribution in [0.3, 0.4) is 0 Å². The van der Waals surface area contributed by atoms with Gasteiger partial charge in [0.15, 0.2) is 0 Å². The van der Waals surface area contributed by atoms with Crippen molar-refractivity contribution < 1.29 is 23.1 Å². The summed E-state index contributed by atoms with van der Waals surface area (Å²) in [4.78, 5) is 20.7. The van der Waals surface area contributed by atoms with Gasteiger partial charge >= 0.3 is 12.2 Å². The molecule has 0 spiro atoms. The Balaban J connectivity index is 1.12. The van der Waals surface area contributed by atoms with Gasteiger partial charge in [0.25, 0.3) is 0 Å². The number of amides is 2. The third kappa shape index (κ3) is 6.72. The van der Waals surface area contributed by atoms with Gasteiger partial charge in [-0.05, 0) is 43.3 Å². The fourth-order valence-corrected chi connectivity index (χ4v) is 4.58. The summed E-state index contributed by atoms with van der Waals surface area (Å²) >= 11 is 0. The SMILES string of the molecule is O=C(NCCCN1CCN(c2cccc(C(F)(F)F)c2)CC1)N1CCN(c2cccc(O)c2)CC1. The molecule has 2 heterocycles. The van der Waals surface area contributed by atoms with Crippen molar-refractivity contribution in [2.45, 2.75) is 12.6 Å². The number of hydrogen-bond donors (Lipinski definition) is 2. The molecule has 4 rings (SSSR count). The van der Waals surface area contributed by atoms with Gasteiger partial charge in [-0.1, -0.05) is 12.1 Å². The number of alkyl halides is 3. The first-order chi connectivity index (χ1) is 16.8. The van der Waals surface area contributed by atoms with Crippen molar-refractivity contribution >= 4 is 17.4 Å². The molecule has 190 valence electrons. The zero-order valence-corrected chi connectivity index (χ0v) is 19.7. The smallest absolute Gasteiger partial charge is 0.416 e. The summed E-state index contributed by atoms with van der Waals surface area (Å²) < 4.78 is 38.9. The number of carbonyl (C=O) groups excluding carboxylic acids is 1. The van der Waals surface area contributed by atoms with Crippen LogP contribution in [-0.2, 0) is 6.18 Å². The van der Waals surface area contributed by atoms with Crippen LogP contribution in [-0.4, -0.2) is 86.4 Å². The Bertz CT molecular complexity index is 987. The Kier molecular flexibility index (Phi) is 7.90. The van der Waals surface area contributed by atoms with E-state index < -0.39 is 11.7 Å². The molecular formula is C25H32F3N5O2. The number of rotatable bonds is 6. The van der Waals surface area contributed by atoms with E-state index in [2.05, 4.69) is 15.1 Å². The molecule has 2 amide bonds. The van der Waals surface area contributed by atoms with E-state index in [1.165, 1.54) is 12.1 Å². The first-order valence-corrected chi connectivity index (χ1v) is 12.0. The highest BCUT2D eigenvalue weighted by Gasteiger charge is 2.31. The number of aromatic hydroxyl groups is 1. The van der Waals surface area contributed by atoms with Crippen molar-refractivity contribution in [3.05, 3.63) is 54.1 Å². The van der Waals surface area contributed by atoms with E-state index >= 15 is 0 Å². The number of phenolic OH excluding ortho intramolecular Hbond substituents is 1. The maximum atomic E-state index is 13.0. The largest absolute Gasteiger partial charge is 0.508 e. The molecule has 0 unspecified atom stereocenters. The molecule has 10 heteroatoms. The minimum Gasteiger partial charge on any atom is -0.508 e. The second-order valence-electron chi connectivity index (χ2n) is 8.96. The van der Waals surface area contributed by atoms with Crippen molar-refractivity contribution in [2.75, 3.05) is 75.2 Å². The number of piperazine rings is 2. The lowest BCUT2D eigenvalue weighted by Crippen LogP contribution is -2.52. The van der Waals surface area contributed by atoms with Gasteiger partial charge in [0, 0.05) is 76.3 Å². The molecule has 0 aliphatic carbocycles. The van der Waals surface area contributed by atoms with Gasteiger partial charge in [-0.3, -0.25) is 4.90 Å². The monoisotopic (exact) mass is 491 g/mol. The fourth-order valence-electron chi connectivity index (χ4n) is 4.58. The highest BCUT2D eigenvalue weighted by molar-refractivity contribution is 5.74. The van der Waals surface area contributed by atoms with Crippen molar-refractivity contribution in [1.29, 1.82) is 0 Å². The fraction of sp³-hybridized carbons (Fsp3) is 0.480. The molecule has 2 aliphatic rings. The molecular weight excluding hydrogens is 459 g/mol. The van der Waals surface area contributed by atoms with Crippen molar-refractivity contribution in [1.82, 2.24) is 15.1 Å². The van der Waals surface area contributed by atoms with Crippen LogP contribution in [0.2, 0.25) is 0 Å². The number of nitrogens with one attached hydrogen (secondary N) is 1. The highest BCUT2D eigenvalue weighted by Crippen LogP contribution is 2.32. The van der Waals surface area contributed by atoms with Crippen LogP contribution in [0.1, 0.15) is 12.0 Å². The minimum absolute atomic E-state index is 0.0603. The lowest BCUT2D eigenvalue weighted by molar-refractivity contribution is -0.137. The minimum atomic E-state index is -4.33. The van der Waals surface area contributed by atoms with E-state index in [0.717, 1.165) is 37.8 Å². The van der Waals surface area contributed by atoms with Gasteiger partial charge in [-0.2, -0.15) is 13.2 Å². The van der Waals surface area contributed by atoms with E-state index in [9.17, 15) is 23.1 Å². The number of anilines is 2. The molecule has 2 aromatic carbocycles. The second kappa shape index (κ2) is 11.1. The molecule has 0 atom stereocenters. The summed E-state index contributed by atoms with van der Waals surface area (Å²) in [6.07, 6.45) is -3.51. The lowest BCUT2D eigenvalue weighted by Gasteiger charge is -2.37. The molecule has 2 aliphatic heterocycles. The molecule has 2 aromatic rings. The Labute approximate surface area is 203 Å². The van der Waals surface area contributed by atoms with E-state index in [0.29, 0.717) is 51.5 Å². The van der Waals surface area contributed by atoms with Crippen LogP contribution in [0.4, 0.5) is 29.3 Å². The van der Waals surface area contributed by atoms with Crippen molar-refractivity contribution in [3.63, 3.8) is 0 Å². The number of carbonyl (C=O) groups is 1. The van der Waals surface area contributed by atoms with E-state index in [1.807, 2.05) is 21.9 Å². The Morgan fingerprint density at radius 1 is 0.857 bits per heavy atom. The van der Waals surface area contributed by atoms with Gasteiger partial charge in [0.2, 0.25) is 0 Å². The number of benzene rings is 2. The number of urea groups is 1. The molecule has 0 saturated carbocycles. The summed E-state index contributed by atoms with van der Waals surface area (Å²) in [5, 5.41) is 12.7. The van der Waals surface area contributed by atoms with Crippen LogP contribution in [0.5, 0.6) is 5.75 Å². The van der Waals surface area contributed by atoms with Crippen LogP contribution in [0.15, 0.2) is 48.5 Å². The zero-order chi connectivity index (χ0) is 24.8. The maximum absolute atomic E-state index is 13.0. The Morgan fingerprint density at radius 3 is 2.09 bits per heavy atom. The van der Waals surface area contributed by atoms with Crippen molar-refractivity contribution in [2.24, 2.45) is 0 Å². The molecule has 2 fully saturated rings. The first-order valence-electron chi connectivity index (χ1n) is 12.0. The van der Waals surface area contributed by atoms with Gasteiger partial charge in [-0.25, -0.2) is 4.79 Å². The predicted octanol–water partition coefficient (Wildman–Crippen LogP) is 3.45. The van der Waals surface area contributed by atoms with Crippen LogP contribution >= 0.6 is 0 Å². The van der Waals surface area contributed by atoms with Crippen LogP contribution < -0.4 is 15.1 Å². The Hall–Kier alpha value is -3.14. The molecule has 7 nitrogen and oxygen atoms in total. The molecule has 2 saturated heterocycles. The topological polar surface area (TPSA) is 62.3 Å². The molecule has 0 bridgehead atoms. The van der Waals surface area contributed by atoms with E-state index in [4.69, 9.17) is 0 Å². The van der Waals surface area contributed by atoms with E-state index in [-0.39, 0.29) is 11.8 Å². The number of halogens is 3. The predicted molar refractivity (Wildman–Crippen MR) is 130 cm³/mol. The summed E-state index contributed by atoms with van der Waals surface area (Å²) in [7, 11) is 0. The summed E-state index contributed by atoms with van der Waals surface area (Å²) in [5.74, 6) is 0.236. The lowest BCUT2D eigenvalue weighted by atomic mass is 10.1. The normalized spacial score (nSPS) is 17.5. The third-order valence-electron chi connectivity index (χ3n) is 6.60. The summed E-state index contributed by atoms with van der Waals surface area (Å²) in [6, 6.07) is 12.6. The quantitative estimate of drug-likeness (QED) is 0.607. The highest BCUT2D eigenvalue weighted by atomic mass is 19.4. The number of phenols is 1. The van der Waals surface area contributed by atoms with Crippen LogP contribution in [0, 0.1) is 0 Å². The zero-order valence-electron chi connectivity index (χ0n) is 19.7. The molecule has 2 N–H and O–H groups in total. The Morgan fingerprint density at radius 2 is 1.46 bits per heavy atom. The number of nitrogens with zero attached hydrogens (tertiary/aromatic N) is 4. The average Bonchev–Trinajstić information content (AvgIpc) is 2.86. The standard InChI is InChI=1S/C25H32F3N5O2/c26-25(27,28)20-4-1-5-21(18-20)31-12-10-30(11-13-31)9-3-8-29-24(35)33-16-14-32(15-17-33)22-6-2-7-23(34)19-22/h1-2,4-7,18-19,34H,3,8-17H2,(H,29,35). The second-order valence-corrected chi connectivity index (χ2v) is 8.96.